The summed E-state index contributed by atoms with van der Waals surface area (Å²) < 4.78 is 39.0. The van der Waals surface area contributed by atoms with Gasteiger partial charge in [0.2, 0.25) is 0 Å². The predicted octanol–water partition coefficient (Wildman–Crippen LogP) is 4.04. The summed E-state index contributed by atoms with van der Waals surface area (Å²) in [7, 11) is 0. The fourth-order valence-corrected chi connectivity index (χ4v) is 3.00. The van der Waals surface area contributed by atoms with Gasteiger partial charge in [0.25, 0.3) is 0 Å². The number of carbonyl (C=O) groups is 1. The van der Waals surface area contributed by atoms with Gasteiger partial charge >= 0.3 is 12.1 Å². The van der Waals surface area contributed by atoms with Crippen molar-refractivity contribution in [2.24, 2.45) is 0 Å². The molecule has 2 heterocycles. The highest BCUT2D eigenvalue weighted by atomic mass is 35.5. The molecule has 0 atom stereocenters. The Labute approximate surface area is 178 Å². The summed E-state index contributed by atoms with van der Waals surface area (Å²) in [6.07, 6.45) is 0.607. The van der Waals surface area contributed by atoms with Gasteiger partial charge in [0.05, 0.1) is 6.20 Å². The lowest BCUT2D eigenvalue weighted by molar-refractivity contribution is 0.0240. The Balaban J connectivity index is 1.62. The van der Waals surface area contributed by atoms with E-state index in [1.54, 1.807) is 36.6 Å². The van der Waals surface area contributed by atoms with Crippen LogP contribution in [0, 0.1) is 11.6 Å². The third-order valence-corrected chi connectivity index (χ3v) is 4.54. The van der Waals surface area contributed by atoms with Gasteiger partial charge in [-0.15, -0.1) is 0 Å². The molecule has 30 heavy (non-hydrogen) atoms. The molecule has 1 saturated heterocycles. The minimum absolute atomic E-state index is 0.0698. The first-order valence-electron chi connectivity index (χ1n) is 9.44. The maximum Gasteiger partial charge on any atom is 0.410 e. The van der Waals surface area contributed by atoms with Crippen molar-refractivity contribution in [3.8, 4) is 6.01 Å². The Morgan fingerprint density at radius 2 is 1.87 bits per heavy atom. The summed E-state index contributed by atoms with van der Waals surface area (Å²) in [4.78, 5) is 23.4. The average molecular weight is 441 g/mol. The van der Waals surface area contributed by atoms with Crippen LogP contribution in [-0.4, -0.2) is 52.7 Å². The van der Waals surface area contributed by atoms with Crippen molar-refractivity contribution in [1.82, 2.24) is 14.9 Å². The van der Waals surface area contributed by atoms with Crippen molar-refractivity contribution in [2.45, 2.75) is 33.0 Å². The molecule has 1 aliphatic rings. The number of ether oxygens (including phenoxy) is 2. The molecule has 1 aromatic carbocycles. The number of aromatic nitrogens is 2. The molecule has 1 fully saturated rings. The van der Waals surface area contributed by atoms with Crippen LogP contribution in [-0.2, 0) is 11.3 Å². The first kappa shape index (κ1) is 22.0. The molecule has 0 N–H and O–H groups in total. The molecule has 1 aliphatic heterocycles. The number of halogens is 3. The molecule has 1 aromatic heterocycles. The summed E-state index contributed by atoms with van der Waals surface area (Å²) in [6, 6.07) is 4.15. The minimum atomic E-state index is -0.606. The fraction of sp³-hybridized carbons (Fsp3) is 0.450. The summed E-state index contributed by atoms with van der Waals surface area (Å²) in [5.41, 5.74) is -0.303. The Hall–Kier alpha value is -2.68. The molecule has 2 aromatic rings. The van der Waals surface area contributed by atoms with Crippen LogP contribution in [0.25, 0.3) is 0 Å². The standard InChI is InChI=1S/C20H23ClF2N4O3/c1-20(2,3)30-19(28)27-8-6-26(7-9-27)17-16(23)11-24-18(25-17)29-12-13-4-5-14(21)10-15(13)22/h4-5,10-11H,6-9,12H2,1-3H3. The van der Waals surface area contributed by atoms with E-state index in [1.807, 2.05) is 0 Å². The second kappa shape index (κ2) is 8.99. The third-order valence-electron chi connectivity index (χ3n) is 4.31. The van der Waals surface area contributed by atoms with Crippen molar-refractivity contribution < 1.29 is 23.0 Å². The molecule has 7 nitrogen and oxygen atoms in total. The van der Waals surface area contributed by atoms with Crippen LogP contribution in [0.2, 0.25) is 5.02 Å². The number of nitrogens with zero attached hydrogens (tertiary/aromatic N) is 4. The van der Waals surface area contributed by atoms with Crippen LogP contribution >= 0.6 is 11.6 Å². The Bertz CT molecular complexity index is 915. The number of rotatable bonds is 4. The van der Waals surface area contributed by atoms with E-state index in [9.17, 15) is 13.6 Å². The van der Waals surface area contributed by atoms with Crippen molar-refractivity contribution in [3.63, 3.8) is 0 Å². The highest BCUT2D eigenvalue weighted by Gasteiger charge is 2.27. The van der Waals surface area contributed by atoms with Gasteiger partial charge in [-0.2, -0.15) is 4.98 Å². The zero-order valence-electron chi connectivity index (χ0n) is 17.0. The van der Waals surface area contributed by atoms with Gasteiger partial charge in [0, 0.05) is 36.8 Å². The van der Waals surface area contributed by atoms with Crippen molar-refractivity contribution in [3.05, 3.63) is 46.6 Å². The lowest BCUT2D eigenvalue weighted by Crippen LogP contribution is -2.50. The quantitative estimate of drug-likeness (QED) is 0.714. The largest absolute Gasteiger partial charge is 0.458 e. The molecule has 1 amide bonds. The van der Waals surface area contributed by atoms with Gasteiger partial charge in [-0.25, -0.2) is 18.6 Å². The second-order valence-electron chi connectivity index (χ2n) is 7.80. The molecular weight excluding hydrogens is 418 g/mol. The molecular formula is C20H23ClF2N4O3. The number of carbonyl (C=O) groups excluding carboxylic acids is 1. The summed E-state index contributed by atoms with van der Waals surface area (Å²) in [6.45, 7) is 6.75. The molecule has 0 radical (unpaired) electrons. The lowest BCUT2D eigenvalue weighted by atomic mass is 10.2. The van der Waals surface area contributed by atoms with E-state index in [0.29, 0.717) is 26.2 Å². The smallest absolute Gasteiger partial charge is 0.410 e. The van der Waals surface area contributed by atoms with Crippen LogP contribution < -0.4 is 9.64 Å². The SMILES string of the molecule is CC(C)(C)OC(=O)N1CCN(c2nc(OCc3ccc(Cl)cc3F)ncc2F)CC1. The van der Waals surface area contributed by atoms with Gasteiger partial charge in [0.1, 0.15) is 18.0 Å². The maximum atomic E-state index is 14.3. The van der Waals surface area contributed by atoms with E-state index in [4.69, 9.17) is 21.1 Å². The van der Waals surface area contributed by atoms with Crippen LogP contribution in [0.1, 0.15) is 26.3 Å². The zero-order valence-corrected chi connectivity index (χ0v) is 17.7. The Kier molecular flexibility index (Phi) is 6.60. The molecule has 0 saturated carbocycles. The topological polar surface area (TPSA) is 67.8 Å². The number of hydrogen-bond acceptors (Lipinski definition) is 6. The van der Waals surface area contributed by atoms with Gasteiger partial charge in [-0.3, -0.25) is 0 Å². The highest BCUT2D eigenvalue weighted by molar-refractivity contribution is 6.30. The number of amides is 1. The van der Waals surface area contributed by atoms with E-state index in [2.05, 4.69) is 9.97 Å². The molecule has 10 heteroatoms. The summed E-state index contributed by atoms with van der Waals surface area (Å²) >= 11 is 5.73. The van der Waals surface area contributed by atoms with Gasteiger partial charge in [0.15, 0.2) is 11.6 Å². The minimum Gasteiger partial charge on any atom is -0.458 e. The van der Waals surface area contributed by atoms with Gasteiger partial charge < -0.3 is 19.3 Å². The average Bonchev–Trinajstić information content (AvgIpc) is 2.67. The number of hydrogen-bond donors (Lipinski definition) is 0. The van der Waals surface area contributed by atoms with Crippen LogP contribution in [0.4, 0.5) is 19.4 Å². The summed E-state index contributed by atoms with van der Waals surface area (Å²) in [5.74, 6) is -1.05. The van der Waals surface area contributed by atoms with E-state index in [0.717, 1.165) is 6.20 Å². The first-order chi connectivity index (χ1) is 14.1. The van der Waals surface area contributed by atoms with Crippen molar-refractivity contribution in [2.75, 3.05) is 31.1 Å². The second-order valence-corrected chi connectivity index (χ2v) is 8.24. The Morgan fingerprint density at radius 3 is 2.50 bits per heavy atom. The molecule has 0 spiro atoms. The fourth-order valence-electron chi connectivity index (χ4n) is 2.84. The van der Waals surface area contributed by atoms with Gasteiger partial charge in [-0.1, -0.05) is 17.7 Å². The monoisotopic (exact) mass is 440 g/mol. The normalized spacial score (nSPS) is 14.6. The summed E-state index contributed by atoms with van der Waals surface area (Å²) in [5, 5.41) is 0.280. The van der Waals surface area contributed by atoms with Crippen LogP contribution in [0.5, 0.6) is 6.01 Å². The highest BCUT2D eigenvalue weighted by Crippen LogP contribution is 2.22. The van der Waals surface area contributed by atoms with Crippen LogP contribution in [0.15, 0.2) is 24.4 Å². The molecule has 0 bridgehead atoms. The molecule has 0 unspecified atom stereocenters. The van der Waals surface area contributed by atoms with Gasteiger partial charge in [-0.05, 0) is 32.9 Å². The third kappa shape index (κ3) is 5.69. The maximum absolute atomic E-state index is 14.3. The van der Waals surface area contributed by atoms with E-state index in [-0.39, 0.29) is 29.0 Å². The zero-order chi connectivity index (χ0) is 21.9. The van der Waals surface area contributed by atoms with Crippen LogP contribution in [0.3, 0.4) is 0 Å². The first-order valence-corrected chi connectivity index (χ1v) is 9.82. The van der Waals surface area contributed by atoms with E-state index < -0.39 is 23.3 Å². The van der Waals surface area contributed by atoms with Crippen molar-refractivity contribution in [1.29, 1.82) is 0 Å². The van der Waals surface area contributed by atoms with Crippen molar-refractivity contribution >= 4 is 23.5 Å². The predicted molar refractivity (Wildman–Crippen MR) is 108 cm³/mol. The molecule has 3 rings (SSSR count). The number of anilines is 1. The molecule has 162 valence electrons. The van der Waals surface area contributed by atoms with E-state index >= 15 is 0 Å². The number of piperazine rings is 1. The van der Waals surface area contributed by atoms with E-state index in [1.165, 1.54) is 12.1 Å². The molecule has 0 aliphatic carbocycles. The Morgan fingerprint density at radius 1 is 1.17 bits per heavy atom. The number of benzene rings is 1. The lowest BCUT2D eigenvalue weighted by Gasteiger charge is -2.36.